The molecule has 1 aromatic rings. The zero-order chi connectivity index (χ0) is 9.80. The highest BCUT2D eigenvalue weighted by Gasteiger charge is 2.18. The first-order valence-electron chi connectivity index (χ1n) is 5.59. The minimum absolute atomic E-state index is 0.543. The summed E-state index contributed by atoms with van der Waals surface area (Å²) in [4.78, 5) is 0. The maximum atomic E-state index is 4.08. The average Bonchev–Trinajstić information content (AvgIpc) is 2.63. The second-order valence-corrected chi connectivity index (χ2v) is 4.43. The van der Waals surface area contributed by atoms with Crippen LogP contribution in [0.25, 0.3) is 0 Å². The molecular formula is C10H18N4. The van der Waals surface area contributed by atoms with Crippen LogP contribution < -0.4 is 0 Å². The van der Waals surface area contributed by atoms with Crippen LogP contribution in [0.5, 0.6) is 0 Å². The number of hydrogen-bond donors (Lipinski definition) is 1. The van der Waals surface area contributed by atoms with E-state index in [1.165, 1.54) is 38.5 Å². The quantitative estimate of drug-likeness (QED) is 0.746. The maximum absolute atomic E-state index is 4.08. The van der Waals surface area contributed by atoms with Crippen LogP contribution in [0.4, 0.5) is 0 Å². The summed E-state index contributed by atoms with van der Waals surface area (Å²) in [5, 5.41) is 14.3. The number of rotatable bonds is 1. The van der Waals surface area contributed by atoms with E-state index in [-0.39, 0.29) is 0 Å². The standard InChI is InChI=1S/C10H18N4/c1-8-4-2-6-9(7-3-5-8)10-11-13-14-12-10/h8-9H,2-7H2,1H3,(H,11,12,13,14). The van der Waals surface area contributed by atoms with Crippen LogP contribution >= 0.6 is 0 Å². The molecule has 0 saturated heterocycles. The van der Waals surface area contributed by atoms with Crippen LogP contribution in [-0.4, -0.2) is 20.6 Å². The molecule has 0 spiro atoms. The van der Waals surface area contributed by atoms with E-state index in [0.717, 1.165) is 11.7 Å². The van der Waals surface area contributed by atoms with Crippen LogP contribution in [0.15, 0.2) is 0 Å². The molecule has 0 aromatic carbocycles. The summed E-state index contributed by atoms with van der Waals surface area (Å²) in [6, 6.07) is 0. The topological polar surface area (TPSA) is 54.5 Å². The van der Waals surface area contributed by atoms with Gasteiger partial charge in [-0.3, -0.25) is 0 Å². The molecule has 0 atom stereocenters. The molecule has 78 valence electrons. The number of hydrogen-bond acceptors (Lipinski definition) is 3. The Kier molecular flexibility index (Phi) is 3.11. The SMILES string of the molecule is CC1CCCC(c2nn[nH]n2)CCC1. The first-order valence-corrected chi connectivity index (χ1v) is 5.59. The van der Waals surface area contributed by atoms with Crippen molar-refractivity contribution in [2.75, 3.05) is 0 Å². The van der Waals surface area contributed by atoms with Crippen molar-refractivity contribution < 1.29 is 0 Å². The van der Waals surface area contributed by atoms with Crippen molar-refractivity contribution >= 4 is 0 Å². The van der Waals surface area contributed by atoms with Gasteiger partial charge in [-0.15, -0.1) is 10.2 Å². The zero-order valence-electron chi connectivity index (χ0n) is 8.74. The van der Waals surface area contributed by atoms with Gasteiger partial charge in [-0.25, -0.2) is 0 Å². The fraction of sp³-hybridized carbons (Fsp3) is 0.900. The van der Waals surface area contributed by atoms with Gasteiger partial charge in [0.15, 0.2) is 5.82 Å². The lowest BCUT2D eigenvalue weighted by molar-refractivity contribution is 0.371. The molecule has 0 amide bonds. The third-order valence-electron chi connectivity index (χ3n) is 3.23. The van der Waals surface area contributed by atoms with E-state index in [9.17, 15) is 0 Å². The molecule has 14 heavy (non-hydrogen) atoms. The van der Waals surface area contributed by atoms with Crippen molar-refractivity contribution in [1.82, 2.24) is 20.6 Å². The molecule has 1 aliphatic carbocycles. The lowest BCUT2D eigenvalue weighted by Gasteiger charge is -2.19. The molecular weight excluding hydrogens is 176 g/mol. The Balaban J connectivity index is 1.94. The first-order chi connectivity index (χ1) is 6.86. The van der Waals surface area contributed by atoms with Crippen LogP contribution in [0, 0.1) is 5.92 Å². The predicted molar refractivity (Wildman–Crippen MR) is 53.8 cm³/mol. The van der Waals surface area contributed by atoms with Gasteiger partial charge >= 0.3 is 0 Å². The van der Waals surface area contributed by atoms with Gasteiger partial charge in [0.1, 0.15) is 0 Å². The molecule has 0 bridgehead atoms. The fourth-order valence-corrected chi connectivity index (χ4v) is 2.31. The Bertz CT molecular complexity index is 247. The van der Waals surface area contributed by atoms with Gasteiger partial charge in [0.25, 0.3) is 0 Å². The maximum Gasteiger partial charge on any atom is 0.177 e. The molecule has 2 rings (SSSR count). The molecule has 0 radical (unpaired) electrons. The third-order valence-corrected chi connectivity index (χ3v) is 3.23. The lowest BCUT2D eigenvalue weighted by atomic mass is 9.86. The minimum atomic E-state index is 0.543. The van der Waals surface area contributed by atoms with Crippen molar-refractivity contribution in [3.8, 4) is 0 Å². The van der Waals surface area contributed by atoms with Crippen LogP contribution in [0.3, 0.4) is 0 Å². The smallest absolute Gasteiger partial charge is 0.177 e. The summed E-state index contributed by atoms with van der Waals surface area (Å²) in [5.74, 6) is 2.36. The first kappa shape index (κ1) is 9.62. The van der Waals surface area contributed by atoms with Crippen molar-refractivity contribution in [1.29, 1.82) is 0 Å². The number of H-pyrrole nitrogens is 1. The highest BCUT2D eigenvalue weighted by Crippen LogP contribution is 2.30. The third kappa shape index (κ3) is 2.30. The molecule has 1 fully saturated rings. The van der Waals surface area contributed by atoms with Gasteiger partial charge in [-0.05, 0) is 18.8 Å². The van der Waals surface area contributed by atoms with E-state index in [1.54, 1.807) is 0 Å². The second-order valence-electron chi connectivity index (χ2n) is 4.43. The number of tetrazole rings is 1. The van der Waals surface area contributed by atoms with E-state index < -0.39 is 0 Å². The monoisotopic (exact) mass is 194 g/mol. The summed E-state index contributed by atoms with van der Waals surface area (Å²) in [5.41, 5.74) is 0. The van der Waals surface area contributed by atoms with Gasteiger partial charge in [-0.1, -0.05) is 37.8 Å². The van der Waals surface area contributed by atoms with Gasteiger partial charge in [0.2, 0.25) is 0 Å². The number of aromatic nitrogens is 4. The summed E-state index contributed by atoms with van der Waals surface area (Å²) >= 11 is 0. The summed E-state index contributed by atoms with van der Waals surface area (Å²) in [6.45, 7) is 2.36. The number of aromatic amines is 1. The summed E-state index contributed by atoms with van der Waals surface area (Å²) < 4.78 is 0. The van der Waals surface area contributed by atoms with Crippen molar-refractivity contribution in [3.63, 3.8) is 0 Å². The highest BCUT2D eigenvalue weighted by atomic mass is 15.5. The molecule has 4 heteroatoms. The van der Waals surface area contributed by atoms with Crippen LogP contribution in [0.1, 0.15) is 57.2 Å². The number of nitrogens with one attached hydrogen (secondary N) is 1. The van der Waals surface area contributed by atoms with Gasteiger partial charge < -0.3 is 0 Å². The van der Waals surface area contributed by atoms with Crippen LogP contribution in [0.2, 0.25) is 0 Å². The molecule has 0 aliphatic heterocycles. The van der Waals surface area contributed by atoms with Gasteiger partial charge in [0, 0.05) is 5.92 Å². The Labute approximate surface area is 84.5 Å². The average molecular weight is 194 g/mol. The largest absolute Gasteiger partial charge is 0.177 e. The molecule has 1 aromatic heterocycles. The Hall–Kier alpha value is -0.930. The minimum Gasteiger partial charge on any atom is -0.177 e. The van der Waals surface area contributed by atoms with E-state index >= 15 is 0 Å². The molecule has 4 nitrogen and oxygen atoms in total. The summed E-state index contributed by atoms with van der Waals surface area (Å²) in [6.07, 6.45) is 7.77. The van der Waals surface area contributed by atoms with E-state index in [4.69, 9.17) is 0 Å². The Morgan fingerprint density at radius 1 is 1.14 bits per heavy atom. The Morgan fingerprint density at radius 2 is 1.86 bits per heavy atom. The van der Waals surface area contributed by atoms with E-state index in [2.05, 4.69) is 27.5 Å². The number of nitrogens with zero attached hydrogens (tertiary/aromatic N) is 3. The summed E-state index contributed by atoms with van der Waals surface area (Å²) in [7, 11) is 0. The van der Waals surface area contributed by atoms with E-state index in [0.29, 0.717) is 5.92 Å². The molecule has 1 heterocycles. The second kappa shape index (κ2) is 4.53. The fourth-order valence-electron chi connectivity index (χ4n) is 2.31. The van der Waals surface area contributed by atoms with E-state index in [1.807, 2.05) is 0 Å². The lowest BCUT2D eigenvalue weighted by Crippen LogP contribution is -2.07. The van der Waals surface area contributed by atoms with Crippen LogP contribution in [-0.2, 0) is 0 Å². The normalized spacial score (nSPS) is 29.5. The van der Waals surface area contributed by atoms with Crippen molar-refractivity contribution in [3.05, 3.63) is 5.82 Å². The highest BCUT2D eigenvalue weighted by molar-refractivity contribution is 4.91. The Morgan fingerprint density at radius 3 is 2.43 bits per heavy atom. The predicted octanol–water partition coefficient (Wildman–Crippen LogP) is 2.27. The van der Waals surface area contributed by atoms with Crippen molar-refractivity contribution in [2.45, 2.75) is 51.4 Å². The molecule has 1 saturated carbocycles. The molecule has 0 unspecified atom stereocenters. The van der Waals surface area contributed by atoms with Gasteiger partial charge in [0.05, 0.1) is 0 Å². The van der Waals surface area contributed by atoms with Gasteiger partial charge in [-0.2, -0.15) is 5.21 Å². The van der Waals surface area contributed by atoms with Crippen molar-refractivity contribution in [2.24, 2.45) is 5.92 Å². The zero-order valence-corrected chi connectivity index (χ0v) is 8.74. The molecule has 1 N–H and O–H groups in total. The molecule has 1 aliphatic rings.